The van der Waals surface area contributed by atoms with Gasteiger partial charge in [-0.2, -0.15) is 0 Å². The molecule has 110 valence electrons. The van der Waals surface area contributed by atoms with Gasteiger partial charge in [-0.1, -0.05) is 23.2 Å². The molecule has 0 saturated carbocycles. The lowest BCUT2D eigenvalue weighted by atomic mass is 10.1. The van der Waals surface area contributed by atoms with Crippen LogP contribution in [0.1, 0.15) is 15.9 Å². The Hall–Kier alpha value is -1.91. The molecule has 0 aliphatic rings. The third-order valence-corrected chi connectivity index (χ3v) is 3.55. The minimum Gasteiger partial charge on any atom is -0.496 e. The van der Waals surface area contributed by atoms with Gasteiger partial charge in [-0.15, -0.1) is 0 Å². The van der Waals surface area contributed by atoms with E-state index in [2.05, 4.69) is 0 Å². The number of carbonyl (C=O) groups is 1. The second-order valence-electron chi connectivity index (χ2n) is 4.20. The van der Waals surface area contributed by atoms with Crippen molar-refractivity contribution in [1.29, 1.82) is 0 Å². The smallest absolute Gasteiger partial charge is 0.335 e. The number of halogens is 2. The number of methoxy groups -OCH3 is 1. The number of benzene rings is 2. The van der Waals surface area contributed by atoms with E-state index in [-0.39, 0.29) is 12.2 Å². The van der Waals surface area contributed by atoms with Crippen molar-refractivity contribution in [2.75, 3.05) is 7.11 Å². The summed E-state index contributed by atoms with van der Waals surface area (Å²) in [7, 11) is 1.51. The lowest BCUT2D eigenvalue weighted by Crippen LogP contribution is -2.03. The van der Waals surface area contributed by atoms with Gasteiger partial charge in [-0.25, -0.2) is 4.79 Å². The molecule has 0 aliphatic carbocycles. The monoisotopic (exact) mass is 326 g/mol. The highest BCUT2D eigenvalue weighted by atomic mass is 35.5. The van der Waals surface area contributed by atoms with Crippen molar-refractivity contribution in [1.82, 2.24) is 0 Å². The summed E-state index contributed by atoms with van der Waals surface area (Å²) in [5.41, 5.74) is 0.798. The van der Waals surface area contributed by atoms with Gasteiger partial charge in [0, 0.05) is 11.6 Å². The molecule has 2 rings (SSSR count). The Bertz CT molecular complexity index is 671. The third kappa shape index (κ3) is 3.80. The topological polar surface area (TPSA) is 55.8 Å². The zero-order chi connectivity index (χ0) is 15.4. The van der Waals surface area contributed by atoms with Crippen LogP contribution in [0.5, 0.6) is 11.5 Å². The molecule has 0 fully saturated rings. The predicted molar refractivity (Wildman–Crippen MR) is 80.7 cm³/mol. The van der Waals surface area contributed by atoms with E-state index in [1.54, 1.807) is 24.3 Å². The lowest BCUT2D eigenvalue weighted by molar-refractivity contribution is 0.0696. The van der Waals surface area contributed by atoms with Crippen molar-refractivity contribution in [3.8, 4) is 11.5 Å². The summed E-state index contributed by atoms with van der Waals surface area (Å²) in [5, 5.41) is 9.84. The number of hydrogen-bond acceptors (Lipinski definition) is 3. The number of aromatic carboxylic acids is 1. The minimum atomic E-state index is -1.01. The highest BCUT2D eigenvalue weighted by molar-refractivity contribution is 6.42. The SMILES string of the molecule is COc1ccc(C(=O)O)cc1COc1ccc(Cl)c(Cl)c1. The van der Waals surface area contributed by atoms with Gasteiger partial charge in [-0.3, -0.25) is 0 Å². The summed E-state index contributed by atoms with van der Waals surface area (Å²) in [6.45, 7) is 0.155. The van der Waals surface area contributed by atoms with Crippen molar-refractivity contribution in [3.05, 3.63) is 57.6 Å². The second-order valence-corrected chi connectivity index (χ2v) is 5.01. The van der Waals surface area contributed by atoms with Crippen molar-refractivity contribution in [2.45, 2.75) is 6.61 Å². The number of rotatable bonds is 5. The molecule has 0 amide bonds. The molecule has 0 atom stereocenters. The maximum absolute atomic E-state index is 11.0. The predicted octanol–water partition coefficient (Wildman–Crippen LogP) is 4.28. The maximum Gasteiger partial charge on any atom is 0.335 e. The summed E-state index contributed by atoms with van der Waals surface area (Å²) in [4.78, 5) is 11.0. The molecule has 0 bridgehead atoms. The highest BCUT2D eigenvalue weighted by Gasteiger charge is 2.10. The first-order chi connectivity index (χ1) is 10.0. The Morgan fingerprint density at radius 3 is 2.52 bits per heavy atom. The van der Waals surface area contributed by atoms with Crippen molar-refractivity contribution >= 4 is 29.2 Å². The molecule has 2 aromatic rings. The third-order valence-electron chi connectivity index (χ3n) is 2.81. The van der Waals surface area contributed by atoms with Crippen LogP contribution < -0.4 is 9.47 Å². The van der Waals surface area contributed by atoms with Crippen LogP contribution in [-0.2, 0) is 6.61 Å². The molecule has 0 saturated heterocycles. The average molecular weight is 327 g/mol. The zero-order valence-electron chi connectivity index (χ0n) is 11.1. The molecular formula is C15H12Cl2O4. The van der Waals surface area contributed by atoms with Gasteiger partial charge in [0.1, 0.15) is 18.1 Å². The molecule has 0 unspecified atom stereocenters. The van der Waals surface area contributed by atoms with Crippen LogP contribution in [0.2, 0.25) is 10.0 Å². The maximum atomic E-state index is 11.0. The van der Waals surface area contributed by atoms with Gasteiger partial charge in [0.25, 0.3) is 0 Å². The molecule has 0 heterocycles. The molecule has 0 aliphatic heterocycles. The van der Waals surface area contributed by atoms with Crippen LogP contribution >= 0.6 is 23.2 Å². The molecule has 2 aromatic carbocycles. The van der Waals surface area contributed by atoms with E-state index in [0.717, 1.165) is 0 Å². The van der Waals surface area contributed by atoms with Crippen LogP contribution in [0.4, 0.5) is 0 Å². The van der Waals surface area contributed by atoms with Gasteiger partial charge in [0.05, 0.1) is 22.7 Å². The van der Waals surface area contributed by atoms with Gasteiger partial charge in [0.15, 0.2) is 0 Å². The summed E-state index contributed by atoms with van der Waals surface area (Å²) >= 11 is 11.7. The van der Waals surface area contributed by atoms with E-state index in [1.807, 2.05) is 0 Å². The van der Waals surface area contributed by atoms with Gasteiger partial charge < -0.3 is 14.6 Å². The largest absolute Gasteiger partial charge is 0.496 e. The van der Waals surface area contributed by atoms with Crippen molar-refractivity contribution in [2.24, 2.45) is 0 Å². The van der Waals surface area contributed by atoms with E-state index in [4.69, 9.17) is 37.8 Å². The molecule has 21 heavy (non-hydrogen) atoms. The number of hydrogen-bond donors (Lipinski definition) is 1. The molecule has 6 heteroatoms. The quantitative estimate of drug-likeness (QED) is 0.890. The second kappa shape index (κ2) is 6.70. The fraction of sp³-hybridized carbons (Fsp3) is 0.133. The van der Waals surface area contributed by atoms with E-state index >= 15 is 0 Å². The summed E-state index contributed by atoms with van der Waals surface area (Å²) in [6, 6.07) is 9.49. The van der Waals surface area contributed by atoms with Gasteiger partial charge >= 0.3 is 5.97 Å². The lowest BCUT2D eigenvalue weighted by Gasteiger charge is -2.11. The van der Waals surface area contributed by atoms with Crippen molar-refractivity contribution in [3.63, 3.8) is 0 Å². The Balaban J connectivity index is 2.19. The standard InChI is InChI=1S/C15H12Cl2O4/c1-20-14-5-2-9(15(18)19)6-10(14)8-21-11-3-4-12(16)13(17)7-11/h2-7H,8H2,1H3,(H,18,19). The highest BCUT2D eigenvalue weighted by Crippen LogP contribution is 2.28. The van der Waals surface area contributed by atoms with E-state index < -0.39 is 5.97 Å². The number of carboxylic acid groups (broad SMARTS) is 1. The molecule has 0 spiro atoms. The summed E-state index contributed by atoms with van der Waals surface area (Å²) in [5.74, 6) is 0.0840. The normalized spacial score (nSPS) is 10.2. The Labute approximate surface area is 131 Å². The van der Waals surface area contributed by atoms with E-state index in [9.17, 15) is 4.79 Å². The fourth-order valence-corrected chi connectivity index (χ4v) is 2.04. The van der Waals surface area contributed by atoms with Crippen LogP contribution in [0, 0.1) is 0 Å². The zero-order valence-corrected chi connectivity index (χ0v) is 12.6. The Morgan fingerprint density at radius 1 is 1.14 bits per heavy atom. The number of ether oxygens (including phenoxy) is 2. The fourth-order valence-electron chi connectivity index (χ4n) is 1.75. The minimum absolute atomic E-state index is 0.155. The van der Waals surface area contributed by atoms with E-state index in [0.29, 0.717) is 27.1 Å². The molecule has 1 N–H and O–H groups in total. The number of carboxylic acids is 1. The first-order valence-corrected chi connectivity index (χ1v) is 6.75. The van der Waals surface area contributed by atoms with Crippen LogP contribution in [0.3, 0.4) is 0 Å². The van der Waals surface area contributed by atoms with Crippen LogP contribution in [0.15, 0.2) is 36.4 Å². The van der Waals surface area contributed by atoms with E-state index in [1.165, 1.54) is 19.2 Å². The molecular weight excluding hydrogens is 315 g/mol. The van der Waals surface area contributed by atoms with Gasteiger partial charge in [-0.05, 0) is 30.3 Å². The van der Waals surface area contributed by atoms with Gasteiger partial charge in [0.2, 0.25) is 0 Å². The summed E-state index contributed by atoms with van der Waals surface area (Å²) < 4.78 is 10.8. The van der Waals surface area contributed by atoms with Crippen molar-refractivity contribution < 1.29 is 19.4 Å². The molecule has 4 nitrogen and oxygen atoms in total. The van der Waals surface area contributed by atoms with Crippen LogP contribution in [-0.4, -0.2) is 18.2 Å². The first-order valence-electron chi connectivity index (χ1n) is 5.99. The summed E-state index contributed by atoms with van der Waals surface area (Å²) in [6.07, 6.45) is 0. The molecule has 0 radical (unpaired) electrons. The van der Waals surface area contributed by atoms with Crippen LogP contribution in [0.25, 0.3) is 0 Å². The Kier molecular flexibility index (Phi) is 4.94. The Morgan fingerprint density at radius 2 is 1.90 bits per heavy atom. The molecule has 0 aromatic heterocycles. The first kappa shape index (κ1) is 15.5. The average Bonchev–Trinajstić information content (AvgIpc) is 2.48.